The van der Waals surface area contributed by atoms with Gasteiger partial charge in [-0.25, -0.2) is 0 Å². The highest BCUT2D eigenvalue weighted by Gasteiger charge is 2.28. The van der Waals surface area contributed by atoms with Gasteiger partial charge in [-0.2, -0.15) is 5.10 Å². The summed E-state index contributed by atoms with van der Waals surface area (Å²) >= 11 is 0. The minimum Gasteiger partial charge on any atom is -0.317 e. The van der Waals surface area contributed by atoms with Gasteiger partial charge < -0.3 is 5.32 Å². The lowest BCUT2D eigenvalue weighted by atomic mass is 9.73. The third-order valence-corrected chi connectivity index (χ3v) is 4.72. The van der Waals surface area contributed by atoms with Crippen LogP contribution in [0.25, 0.3) is 0 Å². The van der Waals surface area contributed by atoms with E-state index < -0.39 is 0 Å². The minimum atomic E-state index is 0.464. The van der Waals surface area contributed by atoms with Crippen LogP contribution in [0.4, 0.5) is 0 Å². The highest BCUT2D eigenvalue weighted by atomic mass is 15.3. The maximum atomic E-state index is 4.74. The van der Waals surface area contributed by atoms with Gasteiger partial charge in [0.05, 0.1) is 5.69 Å². The van der Waals surface area contributed by atoms with Crippen LogP contribution in [-0.4, -0.2) is 22.9 Å². The second-order valence-corrected chi connectivity index (χ2v) is 6.83. The number of nitrogens with one attached hydrogen (secondary N) is 1. The SMILES string of the molecule is CCNCC1CCC(C)CC1Cc1ccn(C(C)C)n1. The number of hydrogen-bond donors (Lipinski definition) is 1. The van der Waals surface area contributed by atoms with E-state index in [0.717, 1.165) is 30.7 Å². The zero-order chi connectivity index (χ0) is 14.5. The van der Waals surface area contributed by atoms with Crippen LogP contribution in [0.15, 0.2) is 12.3 Å². The number of rotatable bonds is 6. The normalized spacial score (nSPS) is 27.1. The van der Waals surface area contributed by atoms with E-state index in [-0.39, 0.29) is 0 Å². The van der Waals surface area contributed by atoms with Gasteiger partial charge in [0.2, 0.25) is 0 Å². The second kappa shape index (κ2) is 7.26. The van der Waals surface area contributed by atoms with Crippen LogP contribution in [0.3, 0.4) is 0 Å². The largest absolute Gasteiger partial charge is 0.317 e. The molecule has 0 saturated heterocycles. The molecule has 20 heavy (non-hydrogen) atoms. The van der Waals surface area contributed by atoms with Crippen LogP contribution in [0.1, 0.15) is 58.7 Å². The summed E-state index contributed by atoms with van der Waals surface area (Å²) in [4.78, 5) is 0. The van der Waals surface area contributed by atoms with Gasteiger partial charge in [-0.15, -0.1) is 0 Å². The molecule has 3 nitrogen and oxygen atoms in total. The molecule has 3 unspecified atom stereocenters. The van der Waals surface area contributed by atoms with Gasteiger partial charge in [0.25, 0.3) is 0 Å². The van der Waals surface area contributed by atoms with Gasteiger partial charge in [-0.05, 0) is 70.0 Å². The molecule has 1 aromatic rings. The van der Waals surface area contributed by atoms with Crippen molar-refractivity contribution in [1.29, 1.82) is 0 Å². The quantitative estimate of drug-likeness (QED) is 0.860. The lowest BCUT2D eigenvalue weighted by molar-refractivity contribution is 0.183. The highest BCUT2D eigenvalue weighted by Crippen LogP contribution is 2.35. The smallest absolute Gasteiger partial charge is 0.0627 e. The fourth-order valence-electron chi connectivity index (χ4n) is 3.45. The van der Waals surface area contributed by atoms with Crippen molar-refractivity contribution in [3.63, 3.8) is 0 Å². The first-order chi connectivity index (χ1) is 9.60. The van der Waals surface area contributed by atoms with Crippen molar-refractivity contribution in [3.05, 3.63) is 18.0 Å². The lowest BCUT2D eigenvalue weighted by Gasteiger charge is -2.35. The van der Waals surface area contributed by atoms with Crippen molar-refractivity contribution < 1.29 is 0 Å². The topological polar surface area (TPSA) is 29.9 Å². The Morgan fingerprint density at radius 2 is 2.15 bits per heavy atom. The molecule has 114 valence electrons. The van der Waals surface area contributed by atoms with E-state index in [1.807, 2.05) is 0 Å². The molecule has 3 atom stereocenters. The Morgan fingerprint density at radius 1 is 1.35 bits per heavy atom. The van der Waals surface area contributed by atoms with Crippen molar-refractivity contribution in [2.45, 2.75) is 59.4 Å². The van der Waals surface area contributed by atoms with Crippen molar-refractivity contribution in [3.8, 4) is 0 Å². The maximum Gasteiger partial charge on any atom is 0.0627 e. The van der Waals surface area contributed by atoms with Crippen LogP contribution in [0.2, 0.25) is 0 Å². The van der Waals surface area contributed by atoms with E-state index in [1.54, 1.807) is 0 Å². The molecule has 1 fully saturated rings. The number of aromatic nitrogens is 2. The van der Waals surface area contributed by atoms with Crippen molar-refractivity contribution in [2.75, 3.05) is 13.1 Å². The molecule has 0 spiro atoms. The molecule has 0 aliphatic heterocycles. The third kappa shape index (κ3) is 4.08. The molecular formula is C17H31N3. The first-order valence-corrected chi connectivity index (χ1v) is 8.34. The zero-order valence-electron chi connectivity index (χ0n) is 13.6. The highest BCUT2D eigenvalue weighted by molar-refractivity contribution is 5.02. The van der Waals surface area contributed by atoms with Gasteiger partial charge in [-0.1, -0.05) is 20.3 Å². The molecule has 0 radical (unpaired) electrons. The Bertz CT molecular complexity index is 395. The van der Waals surface area contributed by atoms with Gasteiger partial charge >= 0.3 is 0 Å². The zero-order valence-corrected chi connectivity index (χ0v) is 13.6. The molecule has 1 N–H and O–H groups in total. The average Bonchev–Trinajstić information content (AvgIpc) is 2.87. The summed E-state index contributed by atoms with van der Waals surface area (Å²) in [6, 6.07) is 2.68. The fourth-order valence-corrected chi connectivity index (χ4v) is 3.45. The summed E-state index contributed by atoms with van der Waals surface area (Å²) in [5, 5.41) is 8.29. The van der Waals surface area contributed by atoms with Gasteiger partial charge in [0.1, 0.15) is 0 Å². The van der Waals surface area contributed by atoms with E-state index in [4.69, 9.17) is 5.10 Å². The number of nitrogens with zero attached hydrogens (tertiary/aromatic N) is 2. The van der Waals surface area contributed by atoms with Gasteiger partial charge in [0, 0.05) is 12.2 Å². The standard InChI is InChI=1S/C17H31N3/c1-5-18-12-15-7-6-14(4)10-16(15)11-17-8-9-20(19-17)13(2)3/h8-9,13-16,18H,5-7,10-12H2,1-4H3. The van der Waals surface area contributed by atoms with Crippen LogP contribution in [0.5, 0.6) is 0 Å². The predicted octanol–water partition coefficient (Wildman–Crippen LogP) is 3.67. The maximum absolute atomic E-state index is 4.74. The predicted molar refractivity (Wildman–Crippen MR) is 84.9 cm³/mol. The molecule has 2 rings (SSSR count). The molecule has 0 amide bonds. The van der Waals surface area contributed by atoms with E-state index in [2.05, 4.69) is 50.0 Å². The second-order valence-electron chi connectivity index (χ2n) is 6.83. The number of hydrogen-bond acceptors (Lipinski definition) is 2. The summed E-state index contributed by atoms with van der Waals surface area (Å²) in [6.07, 6.45) is 7.42. The minimum absolute atomic E-state index is 0.464. The van der Waals surface area contributed by atoms with E-state index >= 15 is 0 Å². The van der Waals surface area contributed by atoms with E-state index in [9.17, 15) is 0 Å². The summed E-state index contributed by atoms with van der Waals surface area (Å²) < 4.78 is 2.08. The molecule has 3 heteroatoms. The first-order valence-electron chi connectivity index (χ1n) is 8.34. The monoisotopic (exact) mass is 277 g/mol. The van der Waals surface area contributed by atoms with Crippen molar-refractivity contribution in [2.24, 2.45) is 17.8 Å². The molecule has 0 aromatic carbocycles. The Kier molecular flexibility index (Phi) is 5.64. The van der Waals surface area contributed by atoms with E-state index in [0.29, 0.717) is 6.04 Å². The average molecular weight is 277 g/mol. The molecule has 1 saturated carbocycles. The first kappa shape index (κ1) is 15.6. The Hall–Kier alpha value is -0.830. The molecule has 1 heterocycles. The van der Waals surface area contributed by atoms with Crippen LogP contribution < -0.4 is 5.32 Å². The van der Waals surface area contributed by atoms with E-state index in [1.165, 1.54) is 31.5 Å². The van der Waals surface area contributed by atoms with Crippen molar-refractivity contribution in [1.82, 2.24) is 15.1 Å². The summed E-state index contributed by atoms with van der Waals surface area (Å²) in [7, 11) is 0. The fraction of sp³-hybridized carbons (Fsp3) is 0.824. The Labute approximate surface area is 124 Å². The molecule has 0 bridgehead atoms. The molecule has 1 aliphatic carbocycles. The van der Waals surface area contributed by atoms with Gasteiger partial charge in [0.15, 0.2) is 0 Å². The summed E-state index contributed by atoms with van der Waals surface area (Å²) in [5.41, 5.74) is 1.28. The summed E-state index contributed by atoms with van der Waals surface area (Å²) in [5.74, 6) is 2.51. The Balaban J connectivity index is 1.98. The van der Waals surface area contributed by atoms with Gasteiger partial charge in [-0.3, -0.25) is 4.68 Å². The Morgan fingerprint density at radius 3 is 2.80 bits per heavy atom. The third-order valence-electron chi connectivity index (χ3n) is 4.72. The van der Waals surface area contributed by atoms with Crippen molar-refractivity contribution >= 4 is 0 Å². The lowest BCUT2D eigenvalue weighted by Crippen LogP contribution is -2.33. The molecule has 1 aliphatic rings. The van der Waals surface area contributed by atoms with Crippen LogP contribution >= 0.6 is 0 Å². The van der Waals surface area contributed by atoms with Crippen LogP contribution in [0, 0.1) is 17.8 Å². The summed E-state index contributed by atoms with van der Waals surface area (Å²) in [6.45, 7) is 11.2. The molecular weight excluding hydrogens is 246 g/mol. The van der Waals surface area contributed by atoms with Crippen LogP contribution in [-0.2, 0) is 6.42 Å². The molecule has 1 aromatic heterocycles.